The zero-order chi connectivity index (χ0) is 18.8. The zero-order valence-corrected chi connectivity index (χ0v) is 15.3. The fourth-order valence-electron chi connectivity index (χ4n) is 2.81. The number of carbonyl (C=O) groups is 4. The first-order valence-electron chi connectivity index (χ1n) is 7.73. The predicted octanol–water partition coefficient (Wildman–Crippen LogP) is 0.591. The summed E-state index contributed by atoms with van der Waals surface area (Å²) in [6.07, 6.45) is 0.175. The Morgan fingerprint density at radius 1 is 1.38 bits per heavy atom. The average molecular weight is 396 g/mol. The van der Waals surface area contributed by atoms with Crippen LogP contribution in [0.4, 0.5) is 0 Å². The first-order chi connectivity index (χ1) is 12.4. The highest BCUT2D eigenvalue weighted by Gasteiger charge is 2.55. The quantitative estimate of drug-likeness (QED) is 0.534. The smallest absolute Gasteiger partial charge is 0.330 e. The fourth-order valence-corrected chi connectivity index (χ4v) is 4.72. The molecule has 0 spiro atoms. The summed E-state index contributed by atoms with van der Waals surface area (Å²) in [5.41, 5.74) is 0.325. The molecule has 0 radical (unpaired) electrons. The minimum absolute atomic E-state index is 0.175. The van der Waals surface area contributed by atoms with Gasteiger partial charge in [0.15, 0.2) is 6.04 Å². The number of ether oxygens (including phenoxy) is 1. The molecule has 2 aliphatic rings. The minimum Gasteiger partial charge on any atom is -0.479 e. The first kappa shape index (κ1) is 18.5. The normalized spacial score (nSPS) is 24.2. The summed E-state index contributed by atoms with van der Waals surface area (Å²) in [4.78, 5) is 49.2. The van der Waals surface area contributed by atoms with Crippen LogP contribution in [0.5, 0.6) is 0 Å². The molecule has 2 aliphatic heterocycles. The standard InChI is InChI=1S/C16H16N2O6S2/c1-8(19)24-6-9-7-26-15-12(14(21)18(15)13(9)16(22)23)17-11(20)5-10-3-2-4-25-10/h2-4,7,12-13,15H,5-6H2,1H3,(H,17,20)(H,22,23)/t12-,13-,15-/m1/s1. The number of amides is 2. The van der Waals surface area contributed by atoms with E-state index in [0.29, 0.717) is 5.57 Å². The topological polar surface area (TPSA) is 113 Å². The first-order valence-corrected chi connectivity index (χ1v) is 9.55. The van der Waals surface area contributed by atoms with Gasteiger partial charge in [0.1, 0.15) is 18.0 Å². The number of rotatable bonds is 6. The highest BCUT2D eigenvalue weighted by molar-refractivity contribution is 8.02. The summed E-state index contributed by atoms with van der Waals surface area (Å²) in [6.45, 7) is 1.04. The van der Waals surface area contributed by atoms with Gasteiger partial charge in [-0.05, 0) is 16.9 Å². The van der Waals surface area contributed by atoms with Gasteiger partial charge < -0.3 is 20.1 Å². The summed E-state index contributed by atoms with van der Waals surface area (Å²) in [5, 5.41) is 15.1. The van der Waals surface area contributed by atoms with E-state index in [0.717, 1.165) is 4.88 Å². The molecule has 0 saturated carbocycles. The second kappa shape index (κ2) is 7.50. The largest absolute Gasteiger partial charge is 0.479 e. The molecule has 0 bridgehead atoms. The zero-order valence-electron chi connectivity index (χ0n) is 13.7. The van der Waals surface area contributed by atoms with Crippen molar-refractivity contribution in [1.82, 2.24) is 10.2 Å². The van der Waals surface area contributed by atoms with E-state index in [1.807, 2.05) is 17.5 Å². The van der Waals surface area contributed by atoms with Gasteiger partial charge in [-0.25, -0.2) is 4.79 Å². The molecule has 0 unspecified atom stereocenters. The summed E-state index contributed by atoms with van der Waals surface area (Å²) in [6, 6.07) is 1.71. The van der Waals surface area contributed by atoms with Crippen LogP contribution in [-0.2, 0) is 30.3 Å². The Bertz CT molecular complexity index is 776. The van der Waals surface area contributed by atoms with Gasteiger partial charge in [0.05, 0.1) is 6.42 Å². The van der Waals surface area contributed by atoms with Crippen molar-refractivity contribution < 1.29 is 29.0 Å². The third-order valence-electron chi connectivity index (χ3n) is 3.98. The Labute approximate surface area is 157 Å². The van der Waals surface area contributed by atoms with Crippen molar-refractivity contribution >= 4 is 46.9 Å². The SMILES string of the molecule is CC(=O)OCC1=CS[C@@H]2[C@H](NC(=O)Cc3cccs3)C(=O)N2[C@H]1C(=O)O. The second-order valence-electron chi connectivity index (χ2n) is 5.79. The summed E-state index contributed by atoms with van der Waals surface area (Å²) >= 11 is 2.68. The molecule has 2 amide bonds. The molecule has 1 aromatic heterocycles. The van der Waals surface area contributed by atoms with Gasteiger partial charge in [0.25, 0.3) is 0 Å². The van der Waals surface area contributed by atoms with Gasteiger partial charge in [-0.15, -0.1) is 23.1 Å². The van der Waals surface area contributed by atoms with E-state index in [4.69, 9.17) is 4.74 Å². The molecule has 3 rings (SSSR count). The molecule has 0 aromatic carbocycles. The number of carbonyl (C=O) groups excluding carboxylic acids is 3. The third kappa shape index (κ3) is 3.61. The van der Waals surface area contributed by atoms with Gasteiger partial charge in [-0.3, -0.25) is 14.4 Å². The van der Waals surface area contributed by atoms with Crippen LogP contribution in [-0.4, -0.2) is 57.8 Å². The maximum atomic E-state index is 12.4. The summed E-state index contributed by atoms with van der Waals surface area (Å²) in [5.74, 6) is -2.48. The van der Waals surface area contributed by atoms with E-state index in [1.165, 1.54) is 34.9 Å². The van der Waals surface area contributed by atoms with Crippen molar-refractivity contribution in [2.24, 2.45) is 0 Å². The number of aliphatic carboxylic acids is 1. The van der Waals surface area contributed by atoms with Gasteiger partial charge in [0.2, 0.25) is 11.8 Å². The number of carboxylic acid groups (broad SMARTS) is 1. The average Bonchev–Trinajstić information content (AvgIpc) is 3.09. The second-order valence-corrected chi connectivity index (χ2v) is 7.81. The highest BCUT2D eigenvalue weighted by atomic mass is 32.2. The Morgan fingerprint density at radius 3 is 2.77 bits per heavy atom. The van der Waals surface area contributed by atoms with Crippen molar-refractivity contribution in [3.8, 4) is 0 Å². The van der Waals surface area contributed by atoms with Crippen molar-refractivity contribution in [2.75, 3.05) is 6.61 Å². The molecule has 26 heavy (non-hydrogen) atoms. The molecular weight excluding hydrogens is 380 g/mol. The number of esters is 1. The van der Waals surface area contributed by atoms with Crippen LogP contribution in [0.15, 0.2) is 28.5 Å². The van der Waals surface area contributed by atoms with E-state index in [1.54, 1.807) is 5.41 Å². The van der Waals surface area contributed by atoms with Gasteiger partial charge >= 0.3 is 11.9 Å². The molecule has 8 nitrogen and oxygen atoms in total. The molecule has 1 aromatic rings. The number of thiophene rings is 1. The molecule has 3 heterocycles. The molecule has 10 heteroatoms. The van der Waals surface area contributed by atoms with Crippen LogP contribution in [0.2, 0.25) is 0 Å². The van der Waals surface area contributed by atoms with E-state index in [2.05, 4.69) is 5.32 Å². The number of thioether (sulfide) groups is 1. The van der Waals surface area contributed by atoms with Crippen LogP contribution in [0.25, 0.3) is 0 Å². The van der Waals surface area contributed by atoms with Gasteiger partial charge in [-0.1, -0.05) is 6.07 Å². The molecule has 2 N–H and O–H groups in total. The minimum atomic E-state index is -1.20. The maximum absolute atomic E-state index is 12.4. The maximum Gasteiger partial charge on any atom is 0.330 e. The van der Waals surface area contributed by atoms with Crippen molar-refractivity contribution in [3.63, 3.8) is 0 Å². The van der Waals surface area contributed by atoms with Crippen LogP contribution in [0, 0.1) is 0 Å². The molecular formula is C16H16N2O6S2. The van der Waals surface area contributed by atoms with Crippen molar-refractivity contribution in [3.05, 3.63) is 33.4 Å². The predicted molar refractivity (Wildman–Crippen MR) is 94.3 cm³/mol. The summed E-state index contributed by atoms with van der Waals surface area (Å²) < 4.78 is 4.86. The third-order valence-corrected chi connectivity index (χ3v) is 6.07. The van der Waals surface area contributed by atoms with Crippen LogP contribution in [0.1, 0.15) is 11.8 Å². The van der Waals surface area contributed by atoms with Crippen LogP contribution >= 0.6 is 23.1 Å². The lowest BCUT2D eigenvalue weighted by Crippen LogP contribution is -2.74. The van der Waals surface area contributed by atoms with Crippen molar-refractivity contribution in [1.29, 1.82) is 0 Å². The van der Waals surface area contributed by atoms with E-state index in [-0.39, 0.29) is 18.9 Å². The lowest BCUT2D eigenvalue weighted by molar-refractivity contribution is -0.160. The molecule has 138 valence electrons. The number of β-lactam (4-membered cyclic amide) rings is 1. The highest BCUT2D eigenvalue weighted by Crippen LogP contribution is 2.40. The number of nitrogens with one attached hydrogen (secondary N) is 1. The Morgan fingerprint density at radius 2 is 2.15 bits per heavy atom. The molecule has 1 saturated heterocycles. The van der Waals surface area contributed by atoms with Crippen LogP contribution < -0.4 is 5.32 Å². The number of nitrogens with zero attached hydrogens (tertiary/aromatic N) is 1. The van der Waals surface area contributed by atoms with E-state index >= 15 is 0 Å². The fraction of sp³-hybridized carbons (Fsp3) is 0.375. The summed E-state index contributed by atoms with van der Waals surface area (Å²) in [7, 11) is 0. The molecule has 0 aliphatic carbocycles. The Balaban J connectivity index is 1.67. The number of fused-ring (bicyclic) bond motifs is 1. The van der Waals surface area contributed by atoms with Gasteiger partial charge in [-0.2, -0.15) is 0 Å². The lowest BCUT2D eigenvalue weighted by atomic mass is 9.98. The Hall–Kier alpha value is -2.33. The number of carboxylic acids is 1. The van der Waals surface area contributed by atoms with E-state index in [9.17, 15) is 24.3 Å². The molecule has 3 atom stereocenters. The number of hydrogen-bond donors (Lipinski definition) is 2. The van der Waals surface area contributed by atoms with E-state index < -0.39 is 35.3 Å². The number of hydrogen-bond acceptors (Lipinski definition) is 7. The van der Waals surface area contributed by atoms with Crippen LogP contribution in [0.3, 0.4) is 0 Å². The Kier molecular flexibility index (Phi) is 5.33. The monoisotopic (exact) mass is 396 g/mol. The van der Waals surface area contributed by atoms with Gasteiger partial charge in [0, 0.05) is 17.4 Å². The lowest BCUT2D eigenvalue weighted by Gasteiger charge is -2.51. The van der Waals surface area contributed by atoms with Crippen molar-refractivity contribution in [2.45, 2.75) is 30.8 Å². The molecule has 1 fully saturated rings.